The summed E-state index contributed by atoms with van der Waals surface area (Å²) in [4.78, 5) is 11.9. The van der Waals surface area contributed by atoms with E-state index < -0.39 is 0 Å². The van der Waals surface area contributed by atoms with Gasteiger partial charge < -0.3 is 0 Å². The van der Waals surface area contributed by atoms with Gasteiger partial charge in [-0.1, -0.05) is 49.6 Å². The molecule has 2 rings (SSSR count). The highest BCUT2D eigenvalue weighted by Gasteiger charge is 2.57. The summed E-state index contributed by atoms with van der Waals surface area (Å²) in [6.45, 7) is 3.84. The number of hydrogen-bond donors (Lipinski definition) is 0. The molecule has 0 saturated heterocycles. The summed E-state index contributed by atoms with van der Waals surface area (Å²) in [5, 5.41) is 0. The Morgan fingerprint density at radius 2 is 2.11 bits per heavy atom. The van der Waals surface area contributed by atoms with Gasteiger partial charge in [0.1, 0.15) is 5.78 Å². The Kier molecular flexibility index (Phi) is 3.87. The lowest BCUT2D eigenvalue weighted by atomic mass is 9.95. The quantitative estimate of drug-likeness (QED) is 0.575. The molecule has 0 aliphatic heterocycles. The molecule has 0 unspecified atom stereocenters. The Bertz CT molecular complexity index is 477. The Labute approximate surface area is 110 Å². The highest BCUT2D eigenvalue weighted by molar-refractivity contribution is 5.90. The van der Waals surface area contributed by atoms with Gasteiger partial charge in [0.05, 0.1) is 5.41 Å². The van der Waals surface area contributed by atoms with E-state index in [0.29, 0.717) is 5.92 Å². The molecule has 1 aromatic carbocycles. The lowest BCUT2D eigenvalue weighted by Gasteiger charge is -2.06. The SMILES string of the molecule is CCCCC#C[C@]1(C(C)=O)C[C@@H]1c1ccccc1. The number of benzene rings is 1. The van der Waals surface area contributed by atoms with Crippen LogP contribution in [0.25, 0.3) is 0 Å². The van der Waals surface area contributed by atoms with Crippen LogP contribution in [0.5, 0.6) is 0 Å². The second-order valence-electron chi connectivity index (χ2n) is 5.10. The van der Waals surface area contributed by atoms with Crippen molar-refractivity contribution in [3.8, 4) is 11.8 Å². The predicted octanol–water partition coefficient (Wildman–Crippen LogP) is 3.94. The van der Waals surface area contributed by atoms with Crippen molar-refractivity contribution in [2.24, 2.45) is 5.41 Å². The number of ketones is 1. The van der Waals surface area contributed by atoms with E-state index in [4.69, 9.17) is 0 Å². The topological polar surface area (TPSA) is 17.1 Å². The van der Waals surface area contributed by atoms with E-state index in [0.717, 1.165) is 25.7 Å². The first-order chi connectivity index (χ1) is 8.70. The zero-order valence-electron chi connectivity index (χ0n) is 11.2. The second kappa shape index (κ2) is 5.40. The van der Waals surface area contributed by atoms with Crippen LogP contribution < -0.4 is 0 Å². The normalized spacial score (nSPS) is 25.1. The van der Waals surface area contributed by atoms with Gasteiger partial charge in [-0.05, 0) is 25.3 Å². The third-order valence-electron chi connectivity index (χ3n) is 3.76. The zero-order valence-corrected chi connectivity index (χ0v) is 11.2. The molecular weight excluding hydrogens is 220 g/mol. The largest absolute Gasteiger partial charge is 0.298 e. The van der Waals surface area contributed by atoms with Crippen molar-refractivity contribution in [3.05, 3.63) is 35.9 Å². The van der Waals surface area contributed by atoms with Gasteiger partial charge in [-0.15, -0.1) is 5.92 Å². The molecule has 0 heterocycles. The van der Waals surface area contributed by atoms with Crippen LogP contribution in [0, 0.1) is 17.3 Å². The first kappa shape index (κ1) is 12.9. The first-order valence-corrected chi connectivity index (χ1v) is 6.76. The van der Waals surface area contributed by atoms with Crippen LogP contribution in [-0.2, 0) is 4.79 Å². The highest BCUT2D eigenvalue weighted by Crippen LogP contribution is 2.59. The molecule has 1 aliphatic rings. The summed E-state index contributed by atoms with van der Waals surface area (Å²) in [7, 11) is 0. The molecule has 0 spiro atoms. The lowest BCUT2D eigenvalue weighted by Crippen LogP contribution is -2.12. The summed E-state index contributed by atoms with van der Waals surface area (Å²) >= 11 is 0. The Morgan fingerprint density at radius 1 is 1.39 bits per heavy atom. The number of hydrogen-bond acceptors (Lipinski definition) is 1. The molecule has 94 valence electrons. The fraction of sp³-hybridized carbons (Fsp3) is 0.471. The molecule has 0 N–H and O–H groups in total. The monoisotopic (exact) mass is 240 g/mol. The van der Waals surface area contributed by atoms with E-state index in [1.165, 1.54) is 5.56 Å². The molecule has 1 aromatic rings. The summed E-state index contributed by atoms with van der Waals surface area (Å²) in [6.07, 6.45) is 4.08. The Balaban J connectivity index is 2.12. The lowest BCUT2D eigenvalue weighted by molar-refractivity contribution is -0.120. The summed E-state index contributed by atoms with van der Waals surface area (Å²) < 4.78 is 0. The predicted molar refractivity (Wildman–Crippen MR) is 74.2 cm³/mol. The maximum Gasteiger partial charge on any atom is 0.148 e. The number of carbonyl (C=O) groups excluding carboxylic acids is 1. The molecule has 1 aliphatic carbocycles. The van der Waals surface area contributed by atoms with Crippen molar-refractivity contribution in [2.75, 3.05) is 0 Å². The van der Waals surface area contributed by atoms with Crippen molar-refractivity contribution < 1.29 is 4.79 Å². The molecule has 0 aromatic heterocycles. The minimum Gasteiger partial charge on any atom is -0.298 e. The third-order valence-corrected chi connectivity index (χ3v) is 3.76. The van der Waals surface area contributed by atoms with Crippen LogP contribution in [0.2, 0.25) is 0 Å². The van der Waals surface area contributed by atoms with Crippen LogP contribution in [0.3, 0.4) is 0 Å². The average molecular weight is 240 g/mol. The molecule has 0 bridgehead atoms. The van der Waals surface area contributed by atoms with Gasteiger partial charge in [-0.2, -0.15) is 0 Å². The Hall–Kier alpha value is -1.55. The minimum atomic E-state index is -0.380. The summed E-state index contributed by atoms with van der Waals surface area (Å²) in [5.41, 5.74) is 0.868. The van der Waals surface area contributed by atoms with Gasteiger partial charge >= 0.3 is 0 Å². The van der Waals surface area contributed by atoms with Crippen LogP contribution in [0.1, 0.15) is 51.0 Å². The first-order valence-electron chi connectivity index (χ1n) is 6.76. The molecule has 1 heteroatoms. The van der Waals surface area contributed by atoms with E-state index >= 15 is 0 Å². The molecule has 1 saturated carbocycles. The van der Waals surface area contributed by atoms with Crippen LogP contribution >= 0.6 is 0 Å². The number of Topliss-reactive ketones (excluding diaryl/α,β-unsaturated/α-hetero) is 1. The maximum absolute atomic E-state index is 11.9. The van der Waals surface area contributed by atoms with Crippen molar-refractivity contribution in [1.29, 1.82) is 0 Å². The third kappa shape index (κ3) is 2.48. The van der Waals surface area contributed by atoms with Crippen LogP contribution in [-0.4, -0.2) is 5.78 Å². The highest BCUT2D eigenvalue weighted by atomic mass is 16.1. The molecule has 0 radical (unpaired) electrons. The number of carbonyl (C=O) groups is 1. The van der Waals surface area contributed by atoms with Gasteiger partial charge in [0.25, 0.3) is 0 Å². The summed E-state index contributed by atoms with van der Waals surface area (Å²) in [6, 6.07) is 10.3. The Morgan fingerprint density at radius 3 is 2.72 bits per heavy atom. The molecular formula is C17H20O. The molecule has 0 amide bonds. The molecule has 18 heavy (non-hydrogen) atoms. The van der Waals surface area contributed by atoms with E-state index in [1.807, 2.05) is 18.2 Å². The van der Waals surface area contributed by atoms with Crippen molar-refractivity contribution >= 4 is 5.78 Å². The van der Waals surface area contributed by atoms with E-state index in [-0.39, 0.29) is 11.2 Å². The van der Waals surface area contributed by atoms with E-state index in [2.05, 4.69) is 30.9 Å². The van der Waals surface area contributed by atoms with Crippen molar-refractivity contribution in [2.45, 2.75) is 45.4 Å². The van der Waals surface area contributed by atoms with Gasteiger partial charge in [0, 0.05) is 12.3 Å². The zero-order chi connectivity index (χ0) is 13.0. The maximum atomic E-state index is 11.9. The van der Waals surface area contributed by atoms with Crippen molar-refractivity contribution in [1.82, 2.24) is 0 Å². The van der Waals surface area contributed by atoms with Crippen molar-refractivity contribution in [3.63, 3.8) is 0 Å². The fourth-order valence-corrected chi connectivity index (χ4v) is 2.45. The van der Waals surface area contributed by atoms with Gasteiger partial charge in [-0.3, -0.25) is 4.79 Å². The number of rotatable bonds is 4. The van der Waals surface area contributed by atoms with Gasteiger partial charge in [0.2, 0.25) is 0 Å². The fourth-order valence-electron chi connectivity index (χ4n) is 2.45. The standard InChI is InChI=1S/C17H20O/c1-3-4-5-9-12-17(14(2)18)13-16(17)15-10-7-6-8-11-15/h6-8,10-11,16H,3-5,13H2,1-2H3/t16-,17-/m1/s1. The number of unbranched alkanes of at least 4 members (excludes halogenated alkanes) is 2. The summed E-state index contributed by atoms with van der Waals surface area (Å²) in [5.74, 6) is 6.99. The van der Waals surface area contributed by atoms with Gasteiger partial charge in [-0.25, -0.2) is 0 Å². The molecule has 1 fully saturated rings. The minimum absolute atomic E-state index is 0.223. The van der Waals surface area contributed by atoms with Crippen LogP contribution in [0.15, 0.2) is 30.3 Å². The van der Waals surface area contributed by atoms with E-state index in [1.54, 1.807) is 6.92 Å². The second-order valence-corrected chi connectivity index (χ2v) is 5.10. The average Bonchev–Trinajstić information content (AvgIpc) is 3.12. The molecule has 1 nitrogen and oxygen atoms in total. The van der Waals surface area contributed by atoms with Gasteiger partial charge in [0.15, 0.2) is 0 Å². The molecule has 2 atom stereocenters. The van der Waals surface area contributed by atoms with E-state index in [9.17, 15) is 4.79 Å². The smallest absolute Gasteiger partial charge is 0.148 e. The van der Waals surface area contributed by atoms with Crippen LogP contribution in [0.4, 0.5) is 0 Å².